The van der Waals surface area contributed by atoms with Crippen molar-refractivity contribution in [1.82, 2.24) is 4.57 Å². The number of carbonyl (C=O) groups is 1. The van der Waals surface area contributed by atoms with Gasteiger partial charge in [-0.2, -0.15) is 0 Å². The summed E-state index contributed by atoms with van der Waals surface area (Å²) in [4.78, 5) is 25.0. The van der Waals surface area contributed by atoms with Crippen LogP contribution in [0.1, 0.15) is 27.2 Å². The number of ketones is 1. The van der Waals surface area contributed by atoms with Gasteiger partial charge in [0.25, 0.3) is 5.56 Å². The van der Waals surface area contributed by atoms with E-state index in [4.69, 9.17) is 0 Å². The molecule has 128 valence electrons. The second-order valence-corrected chi connectivity index (χ2v) is 6.77. The molecule has 1 aromatic carbocycles. The second-order valence-electron chi connectivity index (χ2n) is 5.74. The van der Waals surface area contributed by atoms with Gasteiger partial charge in [0, 0.05) is 18.7 Å². The Labute approximate surface area is 147 Å². The van der Waals surface area contributed by atoms with Gasteiger partial charge in [-0.05, 0) is 48.7 Å². The number of halogens is 1. The summed E-state index contributed by atoms with van der Waals surface area (Å²) in [6.07, 6.45) is 2.21. The van der Waals surface area contributed by atoms with Crippen molar-refractivity contribution in [3.05, 3.63) is 80.8 Å². The van der Waals surface area contributed by atoms with Crippen LogP contribution in [0.3, 0.4) is 0 Å². The number of thiophene rings is 1. The maximum absolute atomic E-state index is 13.2. The molecule has 0 aliphatic heterocycles. The SMILES string of the molecule is Cc1cc(-n2ccc(O)cc2=O)sc1C(=O)CCc1cccc(F)c1. The number of aromatic nitrogens is 1. The van der Waals surface area contributed by atoms with Crippen molar-refractivity contribution < 1.29 is 14.3 Å². The first-order valence-electron chi connectivity index (χ1n) is 7.74. The molecular weight excluding hydrogens is 341 g/mol. The van der Waals surface area contributed by atoms with Crippen LogP contribution < -0.4 is 5.56 Å². The van der Waals surface area contributed by atoms with E-state index in [1.807, 2.05) is 6.92 Å². The van der Waals surface area contributed by atoms with Crippen LogP contribution in [0.15, 0.2) is 53.5 Å². The Hall–Kier alpha value is -2.73. The average molecular weight is 357 g/mol. The van der Waals surface area contributed by atoms with Crippen molar-refractivity contribution >= 4 is 17.1 Å². The number of rotatable bonds is 5. The third-order valence-corrected chi connectivity index (χ3v) is 5.11. The monoisotopic (exact) mass is 357 g/mol. The highest BCUT2D eigenvalue weighted by atomic mass is 32.1. The number of aromatic hydroxyl groups is 1. The summed E-state index contributed by atoms with van der Waals surface area (Å²) in [5.74, 6) is -0.447. The molecular formula is C19H16FNO3S. The summed E-state index contributed by atoms with van der Waals surface area (Å²) < 4.78 is 14.6. The number of Topliss-reactive ketones (excluding diaryl/α,β-unsaturated/α-hetero) is 1. The number of aryl methyl sites for hydroxylation is 2. The fourth-order valence-corrected chi connectivity index (χ4v) is 3.71. The lowest BCUT2D eigenvalue weighted by atomic mass is 10.1. The van der Waals surface area contributed by atoms with E-state index >= 15 is 0 Å². The summed E-state index contributed by atoms with van der Waals surface area (Å²) in [7, 11) is 0. The first-order valence-corrected chi connectivity index (χ1v) is 8.56. The van der Waals surface area contributed by atoms with Crippen LogP contribution in [-0.4, -0.2) is 15.5 Å². The molecule has 0 fully saturated rings. The molecule has 2 aromatic heterocycles. The first-order chi connectivity index (χ1) is 11.9. The zero-order valence-electron chi connectivity index (χ0n) is 13.5. The van der Waals surface area contributed by atoms with Crippen LogP contribution in [0, 0.1) is 12.7 Å². The van der Waals surface area contributed by atoms with Crippen LogP contribution in [0.4, 0.5) is 4.39 Å². The van der Waals surface area contributed by atoms with Crippen molar-refractivity contribution in [2.45, 2.75) is 19.8 Å². The Morgan fingerprint density at radius 1 is 1.24 bits per heavy atom. The van der Waals surface area contributed by atoms with Crippen LogP contribution in [0.2, 0.25) is 0 Å². The van der Waals surface area contributed by atoms with Gasteiger partial charge in [-0.3, -0.25) is 14.2 Å². The summed E-state index contributed by atoms with van der Waals surface area (Å²) in [6.45, 7) is 1.82. The van der Waals surface area contributed by atoms with Gasteiger partial charge in [-0.25, -0.2) is 4.39 Å². The summed E-state index contributed by atoms with van der Waals surface area (Å²) >= 11 is 1.24. The molecule has 0 spiro atoms. The zero-order chi connectivity index (χ0) is 18.0. The molecule has 0 aliphatic carbocycles. The molecule has 0 radical (unpaired) electrons. The molecule has 0 bridgehead atoms. The highest BCUT2D eigenvalue weighted by Crippen LogP contribution is 2.26. The number of hydrogen-bond donors (Lipinski definition) is 1. The van der Waals surface area contributed by atoms with E-state index in [-0.39, 0.29) is 29.3 Å². The lowest BCUT2D eigenvalue weighted by molar-refractivity contribution is 0.0986. The molecule has 3 rings (SSSR count). The topological polar surface area (TPSA) is 59.3 Å². The van der Waals surface area contributed by atoms with Gasteiger partial charge >= 0.3 is 0 Å². The van der Waals surface area contributed by atoms with Gasteiger partial charge in [0.05, 0.1) is 4.88 Å². The zero-order valence-corrected chi connectivity index (χ0v) is 14.3. The van der Waals surface area contributed by atoms with Crippen molar-refractivity contribution in [3.8, 4) is 10.8 Å². The second kappa shape index (κ2) is 7.03. The quantitative estimate of drug-likeness (QED) is 0.705. The first kappa shape index (κ1) is 17.1. The van der Waals surface area contributed by atoms with Crippen LogP contribution >= 0.6 is 11.3 Å². The molecule has 1 N–H and O–H groups in total. The molecule has 0 unspecified atom stereocenters. The minimum Gasteiger partial charge on any atom is -0.508 e. The van der Waals surface area contributed by atoms with E-state index in [1.165, 1.54) is 40.3 Å². The van der Waals surface area contributed by atoms with E-state index < -0.39 is 0 Å². The molecule has 25 heavy (non-hydrogen) atoms. The standard InChI is InChI=1S/C19H16FNO3S/c1-12-9-18(21-8-7-15(22)11-17(21)24)25-19(12)16(23)6-5-13-3-2-4-14(20)10-13/h2-4,7-11,22H,5-6H2,1H3. The maximum Gasteiger partial charge on any atom is 0.259 e. The van der Waals surface area contributed by atoms with Crippen molar-refractivity contribution in [3.63, 3.8) is 0 Å². The maximum atomic E-state index is 13.2. The van der Waals surface area contributed by atoms with Gasteiger partial charge in [0.15, 0.2) is 5.78 Å². The van der Waals surface area contributed by atoms with E-state index in [2.05, 4.69) is 0 Å². The summed E-state index contributed by atoms with van der Waals surface area (Å²) in [5, 5.41) is 9.96. The number of carbonyl (C=O) groups excluding carboxylic acids is 1. The molecule has 2 heterocycles. The summed E-state index contributed by atoms with van der Waals surface area (Å²) in [6, 6.07) is 10.5. The third kappa shape index (κ3) is 3.85. The lowest BCUT2D eigenvalue weighted by Crippen LogP contribution is -2.14. The van der Waals surface area contributed by atoms with Gasteiger partial charge in [-0.1, -0.05) is 12.1 Å². The molecule has 0 aliphatic rings. The highest BCUT2D eigenvalue weighted by Gasteiger charge is 2.15. The van der Waals surface area contributed by atoms with Crippen molar-refractivity contribution in [2.24, 2.45) is 0 Å². The molecule has 0 saturated carbocycles. The summed E-state index contributed by atoms with van der Waals surface area (Å²) in [5.41, 5.74) is 1.21. The Kier molecular flexibility index (Phi) is 4.81. The predicted octanol–water partition coefficient (Wildman–Crippen LogP) is 3.87. The van der Waals surface area contributed by atoms with Crippen LogP contribution in [0.5, 0.6) is 5.75 Å². The number of pyridine rings is 1. The van der Waals surface area contributed by atoms with E-state index in [9.17, 15) is 19.1 Å². The lowest BCUT2D eigenvalue weighted by Gasteiger charge is -2.02. The smallest absolute Gasteiger partial charge is 0.259 e. The normalized spacial score (nSPS) is 10.8. The molecule has 3 aromatic rings. The van der Waals surface area contributed by atoms with Crippen LogP contribution in [-0.2, 0) is 6.42 Å². The Morgan fingerprint density at radius 2 is 2.04 bits per heavy atom. The third-order valence-electron chi connectivity index (χ3n) is 3.83. The minimum absolute atomic E-state index is 0.0372. The van der Waals surface area contributed by atoms with Crippen LogP contribution in [0.25, 0.3) is 5.00 Å². The van der Waals surface area contributed by atoms with E-state index in [0.717, 1.165) is 17.2 Å². The highest BCUT2D eigenvalue weighted by molar-refractivity contribution is 7.16. The molecule has 4 nitrogen and oxygen atoms in total. The Morgan fingerprint density at radius 3 is 2.76 bits per heavy atom. The molecule has 0 saturated heterocycles. The largest absolute Gasteiger partial charge is 0.508 e. The molecule has 0 atom stereocenters. The molecule has 6 heteroatoms. The van der Waals surface area contributed by atoms with Crippen molar-refractivity contribution in [2.75, 3.05) is 0 Å². The average Bonchev–Trinajstić information content (AvgIpc) is 2.94. The fraction of sp³-hybridized carbons (Fsp3) is 0.158. The number of benzene rings is 1. The van der Waals surface area contributed by atoms with Gasteiger partial charge in [0.2, 0.25) is 0 Å². The number of hydrogen-bond acceptors (Lipinski definition) is 4. The van der Waals surface area contributed by atoms with Gasteiger partial charge in [0.1, 0.15) is 16.6 Å². The fourth-order valence-electron chi connectivity index (χ4n) is 2.58. The minimum atomic E-state index is -0.361. The van der Waals surface area contributed by atoms with Gasteiger partial charge < -0.3 is 5.11 Å². The molecule has 0 amide bonds. The predicted molar refractivity (Wildman–Crippen MR) is 95.4 cm³/mol. The van der Waals surface area contributed by atoms with Gasteiger partial charge in [-0.15, -0.1) is 11.3 Å². The Bertz CT molecular complexity index is 990. The van der Waals surface area contributed by atoms with E-state index in [1.54, 1.807) is 18.2 Å². The Balaban J connectivity index is 1.80. The van der Waals surface area contributed by atoms with Crippen molar-refractivity contribution in [1.29, 1.82) is 0 Å². The van der Waals surface area contributed by atoms with E-state index in [0.29, 0.717) is 16.3 Å². The number of nitrogens with zero attached hydrogens (tertiary/aromatic N) is 1.